The van der Waals surface area contributed by atoms with Crippen LogP contribution in [0.5, 0.6) is 0 Å². The van der Waals surface area contributed by atoms with Crippen LogP contribution in [0.4, 0.5) is 5.69 Å². The first-order chi connectivity index (χ1) is 6.15. The van der Waals surface area contributed by atoms with Crippen LogP contribution in [-0.4, -0.2) is 31.6 Å². The van der Waals surface area contributed by atoms with Crippen molar-refractivity contribution in [1.29, 1.82) is 0 Å². The average Bonchev–Trinajstić information content (AvgIpc) is 2.15. The SMILES string of the molecule is CCN(C)CCNc1cc(=O)c1=S. The van der Waals surface area contributed by atoms with Crippen molar-refractivity contribution < 1.29 is 0 Å². The van der Waals surface area contributed by atoms with Crippen molar-refractivity contribution in [2.24, 2.45) is 0 Å². The van der Waals surface area contributed by atoms with Crippen LogP contribution in [0.2, 0.25) is 0 Å². The lowest BCUT2D eigenvalue weighted by Gasteiger charge is -2.14. The van der Waals surface area contributed by atoms with Crippen LogP contribution < -0.4 is 10.7 Å². The molecule has 0 spiro atoms. The third-order valence-electron chi connectivity index (χ3n) is 2.09. The van der Waals surface area contributed by atoms with E-state index in [2.05, 4.69) is 24.2 Å². The minimum Gasteiger partial charge on any atom is -0.382 e. The van der Waals surface area contributed by atoms with Gasteiger partial charge in [-0.1, -0.05) is 19.1 Å². The number of likely N-dealkylation sites (N-methyl/N-ethyl adjacent to an activating group) is 1. The van der Waals surface area contributed by atoms with Crippen LogP contribution >= 0.6 is 12.2 Å². The van der Waals surface area contributed by atoms with Crippen molar-refractivity contribution in [3.8, 4) is 0 Å². The quantitative estimate of drug-likeness (QED) is 0.716. The first-order valence-corrected chi connectivity index (χ1v) is 4.78. The Labute approximate surface area is 83.1 Å². The molecular formula is C9H14N2OS. The molecule has 0 aliphatic rings. The van der Waals surface area contributed by atoms with E-state index in [4.69, 9.17) is 12.2 Å². The molecule has 0 saturated carbocycles. The van der Waals surface area contributed by atoms with Crippen LogP contribution in [0.1, 0.15) is 6.92 Å². The number of nitrogens with zero attached hydrogens (tertiary/aromatic N) is 1. The predicted molar refractivity (Wildman–Crippen MR) is 57.6 cm³/mol. The molecule has 1 rings (SSSR count). The van der Waals surface area contributed by atoms with E-state index in [0.29, 0.717) is 4.51 Å². The maximum absolute atomic E-state index is 10.7. The van der Waals surface area contributed by atoms with Gasteiger partial charge in [0.25, 0.3) is 0 Å². The highest BCUT2D eigenvalue weighted by atomic mass is 32.1. The third-order valence-corrected chi connectivity index (χ3v) is 2.51. The molecule has 0 unspecified atom stereocenters. The first-order valence-electron chi connectivity index (χ1n) is 4.38. The first kappa shape index (κ1) is 10.3. The molecular weight excluding hydrogens is 184 g/mol. The second kappa shape index (κ2) is 4.48. The molecule has 0 aliphatic carbocycles. The molecule has 1 aromatic carbocycles. The van der Waals surface area contributed by atoms with Crippen LogP contribution in [0.15, 0.2) is 10.9 Å². The van der Waals surface area contributed by atoms with E-state index in [1.165, 1.54) is 0 Å². The van der Waals surface area contributed by atoms with Gasteiger partial charge < -0.3 is 10.2 Å². The van der Waals surface area contributed by atoms with Gasteiger partial charge in [-0.3, -0.25) is 4.79 Å². The number of hydrogen-bond acceptors (Lipinski definition) is 4. The summed E-state index contributed by atoms with van der Waals surface area (Å²) in [6, 6.07) is 1.55. The van der Waals surface area contributed by atoms with Gasteiger partial charge in [-0.25, -0.2) is 0 Å². The number of nitrogens with one attached hydrogen (secondary N) is 1. The molecule has 0 fully saturated rings. The van der Waals surface area contributed by atoms with E-state index in [1.54, 1.807) is 6.07 Å². The summed E-state index contributed by atoms with van der Waals surface area (Å²) in [5, 5.41) is 3.12. The van der Waals surface area contributed by atoms with Crippen molar-refractivity contribution in [2.45, 2.75) is 6.92 Å². The van der Waals surface area contributed by atoms with Gasteiger partial charge in [-0.15, -0.1) is 0 Å². The molecule has 72 valence electrons. The van der Waals surface area contributed by atoms with Gasteiger partial charge in [-0.2, -0.15) is 0 Å². The molecule has 1 aromatic rings. The molecule has 0 aromatic heterocycles. The monoisotopic (exact) mass is 198 g/mol. The summed E-state index contributed by atoms with van der Waals surface area (Å²) >= 11 is 4.84. The smallest absolute Gasteiger partial charge is 0.200 e. The summed E-state index contributed by atoms with van der Waals surface area (Å²) in [5.74, 6) is 0. The Morgan fingerprint density at radius 2 is 2.31 bits per heavy atom. The summed E-state index contributed by atoms with van der Waals surface area (Å²) < 4.78 is 0.444. The second-order valence-electron chi connectivity index (χ2n) is 3.07. The third kappa shape index (κ3) is 2.60. The molecule has 0 saturated heterocycles. The molecule has 4 heteroatoms. The Balaban J connectivity index is 2.26. The molecule has 0 radical (unpaired) electrons. The zero-order valence-electron chi connectivity index (χ0n) is 7.96. The summed E-state index contributed by atoms with van der Waals surface area (Å²) in [5.41, 5.74) is 0.797. The van der Waals surface area contributed by atoms with E-state index >= 15 is 0 Å². The summed E-state index contributed by atoms with van der Waals surface area (Å²) in [7, 11) is 2.06. The topological polar surface area (TPSA) is 32.3 Å². The van der Waals surface area contributed by atoms with Gasteiger partial charge in [0.2, 0.25) is 5.43 Å². The van der Waals surface area contributed by atoms with Crippen LogP contribution in [-0.2, 0) is 0 Å². The van der Waals surface area contributed by atoms with Crippen molar-refractivity contribution in [2.75, 3.05) is 32.0 Å². The van der Waals surface area contributed by atoms with E-state index < -0.39 is 0 Å². The standard InChI is InChI=1S/C9H14N2OS/c1-3-11(2)5-4-10-7-6-8(12)9(7)13/h6,10H,3-5H2,1-2H3. The number of rotatable bonds is 5. The highest BCUT2D eigenvalue weighted by Gasteiger charge is 2.04. The molecule has 3 nitrogen and oxygen atoms in total. The van der Waals surface area contributed by atoms with Gasteiger partial charge in [0, 0.05) is 19.2 Å². The molecule has 0 bridgehead atoms. The van der Waals surface area contributed by atoms with E-state index in [9.17, 15) is 4.79 Å². The van der Waals surface area contributed by atoms with Crippen molar-refractivity contribution in [3.63, 3.8) is 0 Å². The lowest BCUT2D eigenvalue weighted by Crippen LogP contribution is -2.26. The fourth-order valence-electron chi connectivity index (χ4n) is 0.988. The van der Waals surface area contributed by atoms with Crippen molar-refractivity contribution in [3.05, 3.63) is 20.8 Å². The maximum atomic E-state index is 10.7. The maximum Gasteiger partial charge on any atom is 0.200 e. The Morgan fingerprint density at radius 1 is 1.62 bits per heavy atom. The highest BCUT2D eigenvalue weighted by Crippen LogP contribution is 2.06. The Kier molecular flexibility index (Phi) is 3.57. The van der Waals surface area contributed by atoms with Crippen LogP contribution in [0.25, 0.3) is 0 Å². The average molecular weight is 198 g/mol. The second-order valence-corrected chi connectivity index (χ2v) is 3.48. The largest absolute Gasteiger partial charge is 0.382 e. The molecule has 13 heavy (non-hydrogen) atoms. The van der Waals surface area contributed by atoms with Crippen molar-refractivity contribution in [1.82, 2.24) is 4.90 Å². The Hall–Kier alpha value is -0.740. The lowest BCUT2D eigenvalue weighted by molar-refractivity contribution is 0.367. The van der Waals surface area contributed by atoms with Gasteiger partial charge in [0.05, 0.1) is 5.69 Å². The molecule has 0 aliphatic heterocycles. The van der Waals surface area contributed by atoms with Crippen LogP contribution in [0.3, 0.4) is 0 Å². The normalized spacial score (nSPS) is 11.0. The number of anilines is 1. The lowest BCUT2D eigenvalue weighted by atomic mass is 10.3. The summed E-state index contributed by atoms with van der Waals surface area (Å²) in [6.45, 7) is 4.94. The Morgan fingerprint density at radius 3 is 2.77 bits per heavy atom. The molecule has 1 N–H and O–H groups in total. The fraction of sp³-hybridized carbons (Fsp3) is 0.556. The fourth-order valence-corrected chi connectivity index (χ4v) is 1.18. The minimum atomic E-state index is -0.0265. The van der Waals surface area contributed by atoms with Gasteiger partial charge in [0.1, 0.15) is 4.51 Å². The highest BCUT2D eigenvalue weighted by molar-refractivity contribution is 7.71. The molecule has 0 atom stereocenters. The molecule has 0 amide bonds. The summed E-state index contributed by atoms with van der Waals surface area (Å²) in [4.78, 5) is 12.9. The van der Waals surface area contributed by atoms with Gasteiger partial charge in [0.15, 0.2) is 0 Å². The van der Waals surface area contributed by atoms with Gasteiger partial charge in [-0.05, 0) is 13.6 Å². The van der Waals surface area contributed by atoms with Gasteiger partial charge >= 0.3 is 0 Å². The minimum absolute atomic E-state index is 0.0265. The zero-order chi connectivity index (χ0) is 9.84. The zero-order valence-corrected chi connectivity index (χ0v) is 8.78. The predicted octanol–water partition coefficient (Wildman–Crippen LogP) is 1.02. The van der Waals surface area contributed by atoms with Crippen molar-refractivity contribution >= 4 is 17.9 Å². The van der Waals surface area contributed by atoms with Crippen LogP contribution in [0, 0.1) is 4.51 Å². The summed E-state index contributed by atoms with van der Waals surface area (Å²) in [6.07, 6.45) is 0. The molecule has 0 heterocycles. The van der Waals surface area contributed by atoms with E-state index in [1.807, 2.05) is 0 Å². The Bertz CT molecular complexity index is 341. The van der Waals surface area contributed by atoms with E-state index in [-0.39, 0.29) is 5.43 Å². The van der Waals surface area contributed by atoms with E-state index in [0.717, 1.165) is 25.3 Å². The number of hydrogen-bond donors (Lipinski definition) is 1.